The molecule has 2 rings (SSSR count). The van der Waals surface area contributed by atoms with Gasteiger partial charge in [-0.05, 0) is 58.4 Å². The second-order valence-corrected chi connectivity index (χ2v) is 8.29. The van der Waals surface area contributed by atoms with Crippen molar-refractivity contribution >= 4 is 34.0 Å². The predicted octanol–water partition coefficient (Wildman–Crippen LogP) is 2.01. The van der Waals surface area contributed by atoms with Gasteiger partial charge in [0, 0.05) is 11.2 Å². The fourth-order valence-corrected chi connectivity index (χ4v) is 3.91. The van der Waals surface area contributed by atoms with E-state index in [-0.39, 0.29) is 30.0 Å². The van der Waals surface area contributed by atoms with Gasteiger partial charge in [0.05, 0.1) is 6.04 Å². The normalized spacial score (nSPS) is 18.1. The van der Waals surface area contributed by atoms with Crippen molar-refractivity contribution in [1.29, 1.82) is 0 Å². The lowest BCUT2D eigenvalue weighted by Gasteiger charge is -2.21. The number of hydrogen-bond acceptors (Lipinski definition) is 4. The minimum Gasteiger partial charge on any atom is -0.325 e. The van der Waals surface area contributed by atoms with Crippen LogP contribution < -0.4 is 15.4 Å². The van der Waals surface area contributed by atoms with Crippen molar-refractivity contribution in [3.63, 3.8) is 0 Å². The third-order valence-electron chi connectivity index (χ3n) is 3.31. The van der Waals surface area contributed by atoms with Crippen molar-refractivity contribution in [1.82, 2.24) is 10.0 Å². The molecule has 24 heavy (non-hydrogen) atoms. The molecule has 1 atom stereocenters. The van der Waals surface area contributed by atoms with Gasteiger partial charge in [-0.25, -0.2) is 17.5 Å². The van der Waals surface area contributed by atoms with Crippen LogP contribution in [0.25, 0.3) is 0 Å². The number of rotatable bonds is 4. The number of carbonyl (C=O) groups is 1. The Morgan fingerprint density at radius 3 is 2.54 bits per heavy atom. The van der Waals surface area contributed by atoms with Crippen LogP contribution in [0, 0.1) is 5.82 Å². The number of hydrogen-bond donors (Lipinski definition) is 3. The Hall–Kier alpha value is -1.22. The highest BCUT2D eigenvalue weighted by atomic mass is 35.5. The Bertz CT molecular complexity index is 698. The number of benzene rings is 1. The zero-order valence-electron chi connectivity index (χ0n) is 13.8. The Kier molecular flexibility index (Phi) is 6.75. The van der Waals surface area contributed by atoms with E-state index in [0.717, 1.165) is 31.5 Å². The average Bonchev–Trinajstić information content (AvgIpc) is 2.92. The van der Waals surface area contributed by atoms with Gasteiger partial charge in [-0.1, -0.05) is 0 Å². The van der Waals surface area contributed by atoms with Gasteiger partial charge in [-0.3, -0.25) is 4.79 Å². The summed E-state index contributed by atoms with van der Waals surface area (Å²) in [5, 5.41) is 5.67. The van der Waals surface area contributed by atoms with Gasteiger partial charge >= 0.3 is 0 Å². The van der Waals surface area contributed by atoms with Crippen LogP contribution in [0.5, 0.6) is 0 Å². The van der Waals surface area contributed by atoms with Gasteiger partial charge < -0.3 is 10.6 Å². The highest BCUT2D eigenvalue weighted by Crippen LogP contribution is 2.21. The van der Waals surface area contributed by atoms with E-state index in [1.807, 2.05) is 0 Å². The molecule has 1 saturated heterocycles. The summed E-state index contributed by atoms with van der Waals surface area (Å²) in [6.07, 6.45) is 1.64. The first-order valence-electron chi connectivity index (χ1n) is 7.46. The number of carbonyl (C=O) groups excluding carboxylic acids is 1. The molecular weight excluding hydrogens is 357 g/mol. The number of nitrogens with one attached hydrogen (secondary N) is 3. The van der Waals surface area contributed by atoms with E-state index in [0.29, 0.717) is 0 Å². The Morgan fingerprint density at radius 2 is 2.00 bits per heavy atom. The van der Waals surface area contributed by atoms with Gasteiger partial charge in [-0.2, -0.15) is 0 Å². The Labute approximate surface area is 148 Å². The van der Waals surface area contributed by atoms with E-state index in [1.54, 1.807) is 20.8 Å². The molecule has 136 valence electrons. The van der Waals surface area contributed by atoms with Gasteiger partial charge in [-0.15, -0.1) is 12.4 Å². The van der Waals surface area contributed by atoms with E-state index in [9.17, 15) is 17.6 Å². The summed E-state index contributed by atoms with van der Waals surface area (Å²) in [5.41, 5.74) is -0.488. The standard InChI is InChI=1S/C15H22FN3O3S.ClH/c1-15(2,3)19-23(21,22)13-9-10(6-7-11(13)16)18-14(20)12-5-4-8-17-12;/h6-7,9,12,17,19H,4-5,8H2,1-3H3,(H,18,20);1H. The Balaban J connectivity index is 0.00000288. The highest BCUT2D eigenvalue weighted by Gasteiger charge is 2.26. The number of halogens is 2. The molecule has 1 heterocycles. The van der Waals surface area contributed by atoms with Crippen LogP contribution in [0.1, 0.15) is 33.6 Å². The van der Waals surface area contributed by atoms with E-state index < -0.39 is 26.3 Å². The molecule has 1 unspecified atom stereocenters. The summed E-state index contributed by atoms with van der Waals surface area (Å²) in [5.74, 6) is -1.11. The molecule has 0 spiro atoms. The van der Waals surface area contributed by atoms with Crippen molar-refractivity contribution < 1.29 is 17.6 Å². The third-order valence-corrected chi connectivity index (χ3v) is 5.08. The molecule has 9 heteroatoms. The van der Waals surface area contributed by atoms with Gasteiger partial charge in [0.1, 0.15) is 10.7 Å². The van der Waals surface area contributed by atoms with Crippen LogP contribution in [0.4, 0.5) is 10.1 Å². The van der Waals surface area contributed by atoms with Gasteiger partial charge in [0.15, 0.2) is 0 Å². The number of sulfonamides is 1. The van der Waals surface area contributed by atoms with E-state index in [4.69, 9.17) is 0 Å². The van der Waals surface area contributed by atoms with Crippen molar-refractivity contribution in [2.45, 2.75) is 50.1 Å². The summed E-state index contributed by atoms with van der Waals surface area (Å²) >= 11 is 0. The number of anilines is 1. The molecule has 6 nitrogen and oxygen atoms in total. The maximum absolute atomic E-state index is 13.9. The largest absolute Gasteiger partial charge is 0.325 e. The van der Waals surface area contributed by atoms with Crippen LogP contribution >= 0.6 is 12.4 Å². The van der Waals surface area contributed by atoms with E-state index in [2.05, 4.69) is 15.4 Å². The lowest BCUT2D eigenvalue weighted by atomic mass is 10.1. The van der Waals surface area contributed by atoms with Crippen LogP contribution in [-0.2, 0) is 14.8 Å². The molecule has 0 saturated carbocycles. The molecular formula is C15H23ClFN3O3S. The second kappa shape index (κ2) is 7.77. The van der Waals surface area contributed by atoms with Gasteiger partial charge in [0.25, 0.3) is 0 Å². The lowest BCUT2D eigenvalue weighted by Crippen LogP contribution is -2.40. The van der Waals surface area contributed by atoms with Crippen LogP contribution in [0.2, 0.25) is 0 Å². The van der Waals surface area contributed by atoms with E-state index >= 15 is 0 Å². The molecule has 0 radical (unpaired) electrons. The number of amides is 1. The second-order valence-electron chi connectivity index (χ2n) is 6.64. The predicted molar refractivity (Wildman–Crippen MR) is 93.4 cm³/mol. The molecule has 0 aliphatic carbocycles. The summed E-state index contributed by atoms with van der Waals surface area (Å²) in [6.45, 7) is 5.77. The maximum Gasteiger partial charge on any atom is 0.244 e. The van der Waals surface area contributed by atoms with Crippen molar-refractivity contribution in [3.05, 3.63) is 24.0 Å². The van der Waals surface area contributed by atoms with E-state index in [1.165, 1.54) is 6.07 Å². The van der Waals surface area contributed by atoms with Crippen LogP contribution in [0.3, 0.4) is 0 Å². The first kappa shape index (κ1) is 20.8. The SMILES string of the molecule is CC(C)(C)NS(=O)(=O)c1cc(NC(=O)C2CCCN2)ccc1F.Cl. The minimum atomic E-state index is -4.02. The summed E-state index contributed by atoms with van der Waals surface area (Å²) in [6, 6.07) is 3.22. The molecule has 0 bridgehead atoms. The Morgan fingerprint density at radius 1 is 1.33 bits per heavy atom. The topological polar surface area (TPSA) is 87.3 Å². The zero-order valence-corrected chi connectivity index (χ0v) is 15.5. The quantitative estimate of drug-likeness (QED) is 0.746. The van der Waals surface area contributed by atoms with Crippen LogP contribution in [0.15, 0.2) is 23.1 Å². The average molecular weight is 380 g/mol. The molecule has 1 aliphatic rings. The first-order chi connectivity index (χ1) is 10.6. The molecule has 1 aliphatic heterocycles. The van der Waals surface area contributed by atoms with Crippen LogP contribution in [-0.4, -0.2) is 32.5 Å². The maximum atomic E-state index is 13.9. The monoisotopic (exact) mass is 379 g/mol. The van der Waals surface area contributed by atoms with Crippen molar-refractivity contribution in [2.24, 2.45) is 0 Å². The fourth-order valence-electron chi connectivity index (χ4n) is 2.38. The molecule has 1 fully saturated rings. The zero-order chi connectivity index (χ0) is 17.3. The summed E-state index contributed by atoms with van der Waals surface area (Å²) < 4.78 is 40.9. The highest BCUT2D eigenvalue weighted by molar-refractivity contribution is 7.89. The summed E-state index contributed by atoms with van der Waals surface area (Å²) in [7, 11) is -4.02. The van der Waals surface area contributed by atoms with Crippen molar-refractivity contribution in [2.75, 3.05) is 11.9 Å². The third kappa shape index (κ3) is 5.41. The van der Waals surface area contributed by atoms with Gasteiger partial charge in [0.2, 0.25) is 15.9 Å². The minimum absolute atomic E-state index is 0. The molecule has 1 aromatic rings. The van der Waals surface area contributed by atoms with Crippen molar-refractivity contribution in [3.8, 4) is 0 Å². The molecule has 1 amide bonds. The lowest BCUT2D eigenvalue weighted by molar-refractivity contribution is -0.117. The smallest absolute Gasteiger partial charge is 0.244 e. The molecule has 0 aromatic heterocycles. The molecule has 1 aromatic carbocycles. The summed E-state index contributed by atoms with van der Waals surface area (Å²) in [4.78, 5) is 11.6. The first-order valence-corrected chi connectivity index (χ1v) is 8.95. The fraction of sp³-hybridized carbons (Fsp3) is 0.533. The molecule has 3 N–H and O–H groups in total.